The zero-order chi connectivity index (χ0) is 21.1. The van der Waals surface area contributed by atoms with E-state index in [2.05, 4.69) is 31.3 Å². The Morgan fingerprint density at radius 3 is 2.67 bits per heavy atom. The molecule has 1 aliphatic heterocycles. The molecular formula is C25H23ClN2OS. The zero-order valence-corrected chi connectivity index (χ0v) is 18.6. The molecule has 0 atom stereocenters. The molecule has 3 aromatic carbocycles. The first kappa shape index (κ1) is 20.7. The number of nitrogens with zero attached hydrogens (tertiary/aromatic N) is 1. The van der Waals surface area contributed by atoms with Gasteiger partial charge in [0.05, 0.1) is 11.4 Å². The Hall–Kier alpha value is -2.56. The minimum absolute atomic E-state index is 0.0651. The molecule has 0 radical (unpaired) electrons. The average Bonchev–Trinajstić information content (AvgIpc) is 2.89. The normalized spacial score (nSPS) is 12.6. The summed E-state index contributed by atoms with van der Waals surface area (Å²) in [4.78, 5) is 19.8. The van der Waals surface area contributed by atoms with E-state index in [1.54, 1.807) is 11.8 Å². The van der Waals surface area contributed by atoms with Crippen molar-refractivity contribution in [2.75, 3.05) is 6.54 Å². The third-order valence-electron chi connectivity index (χ3n) is 4.92. The maximum absolute atomic E-state index is 12.6. The molecule has 1 aliphatic rings. The summed E-state index contributed by atoms with van der Waals surface area (Å²) in [5.74, 6) is 0.488. The summed E-state index contributed by atoms with van der Waals surface area (Å²) in [6, 6.07) is 21.7. The van der Waals surface area contributed by atoms with E-state index in [1.807, 2.05) is 54.6 Å². The van der Waals surface area contributed by atoms with Crippen LogP contribution in [0.5, 0.6) is 0 Å². The summed E-state index contributed by atoms with van der Waals surface area (Å²) in [6.07, 6.45) is 0.957. The standard InChI is InChI=1S/C25H23ClN2OS/c1-16(2)12-13-27-25(29)18-10-11-23-21(15-18)28-24(17-6-5-7-19(26)14-17)20-8-3-4-9-22(20)30-23/h3-11,14-16H,12-13H2,1-2H3,(H,27,29). The van der Waals surface area contributed by atoms with Gasteiger partial charge in [-0.2, -0.15) is 0 Å². The molecule has 0 saturated heterocycles. The van der Waals surface area contributed by atoms with Crippen LogP contribution in [0.2, 0.25) is 5.02 Å². The Morgan fingerprint density at radius 2 is 1.87 bits per heavy atom. The summed E-state index contributed by atoms with van der Waals surface area (Å²) in [5.41, 5.74) is 4.29. The molecule has 1 amide bonds. The predicted molar refractivity (Wildman–Crippen MR) is 126 cm³/mol. The fraction of sp³-hybridized carbons (Fsp3) is 0.200. The van der Waals surface area contributed by atoms with Crippen molar-refractivity contribution in [2.24, 2.45) is 10.9 Å². The number of carbonyl (C=O) groups excluding carboxylic acids is 1. The van der Waals surface area contributed by atoms with Gasteiger partial charge in [-0.1, -0.05) is 67.5 Å². The average molecular weight is 435 g/mol. The van der Waals surface area contributed by atoms with Crippen molar-refractivity contribution in [1.82, 2.24) is 5.32 Å². The zero-order valence-electron chi connectivity index (χ0n) is 17.0. The van der Waals surface area contributed by atoms with Crippen molar-refractivity contribution in [3.8, 4) is 0 Å². The number of nitrogens with one attached hydrogen (secondary N) is 1. The highest BCUT2D eigenvalue weighted by molar-refractivity contribution is 7.99. The highest BCUT2D eigenvalue weighted by atomic mass is 35.5. The monoisotopic (exact) mass is 434 g/mol. The van der Waals surface area contributed by atoms with E-state index >= 15 is 0 Å². The number of carbonyl (C=O) groups is 1. The molecule has 3 nitrogen and oxygen atoms in total. The van der Waals surface area contributed by atoms with Crippen LogP contribution in [0.3, 0.4) is 0 Å². The lowest BCUT2D eigenvalue weighted by atomic mass is 10.0. The number of amides is 1. The van der Waals surface area contributed by atoms with Gasteiger partial charge in [-0.05, 0) is 48.7 Å². The molecule has 5 heteroatoms. The number of halogens is 1. The van der Waals surface area contributed by atoms with E-state index in [4.69, 9.17) is 16.6 Å². The lowest BCUT2D eigenvalue weighted by molar-refractivity contribution is 0.0952. The molecule has 0 saturated carbocycles. The van der Waals surface area contributed by atoms with Crippen molar-refractivity contribution >= 4 is 40.7 Å². The van der Waals surface area contributed by atoms with Gasteiger partial charge < -0.3 is 5.32 Å². The van der Waals surface area contributed by atoms with Gasteiger partial charge in [-0.15, -0.1) is 0 Å². The SMILES string of the molecule is CC(C)CCNC(=O)c1ccc2c(c1)N=C(c1cccc(Cl)c1)c1ccccc1S2. The molecule has 1 heterocycles. The number of aliphatic imine (C=N–C) groups is 1. The van der Waals surface area contributed by atoms with Crippen LogP contribution in [0.4, 0.5) is 5.69 Å². The van der Waals surface area contributed by atoms with Crippen molar-refractivity contribution in [3.63, 3.8) is 0 Å². The smallest absolute Gasteiger partial charge is 0.251 e. The fourth-order valence-corrected chi connectivity index (χ4v) is 4.51. The molecule has 3 aromatic rings. The van der Waals surface area contributed by atoms with Gasteiger partial charge >= 0.3 is 0 Å². The van der Waals surface area contributed by atoms with Crippen molar-refractivity contribution < 1.29 is 4.79 Å². The van der Waals surface area contributed by atoms with Gasteiger partial charge in [0.2, 0.25) is 0 Å². The number of rotatable bonds is 5. The van der Waals surface area contributed by atoms with Crippen LogP contribution in [-0.2, 0) is 0 Å². The Bertz CT molecular complexity index is 1120. The lowest BCUT2D eigenvalue weighted by Crippen LogP contribution is -2.25. The first-order valence-electron chi connectivity index (χ1n) is 10.1. The molecule has 0 aromatic heterocycles. The number of fused-ring (bicyclic) bond motifs is 2. The van der Waals surface area contributed by atoms with Crippen molar-refractivity contribution in [2.45, 2.75) is 30.1 Å². The first-order chi connectivity index (χ1) is 14.5. The summed E-state index contributed by atoms with van der Waals surface area (Å²) < 4.78 is 0. The molecule has 0 unspecified atom stereocenters. The van der Waals surface area contributed by atoms with Gasteiger partial charge in [-0.3, -0.25) is 4.79 Å². The van der Waals surface area contributed by atoms with Crippen LogP contribution in [0.25, 0.3) is 0 Å². The van der Waals surface area contributed by atoms with Crippen LogP contribution in [0.15, 0.2) is 81.5 Å². The van der Waals surface area contributed by atoms with E-state index in [1.165, 1.54) is 0 Å². The second kappa shape index (κ2) is 9.07. The minimum Gasteiger partial charge on any atom is -0.352 e. The molecule has 0 spiro atoms. The number of hydrogen-bond acceptors (Lipinski definition) is 3. The van der Waals surface area contributed by atoms with E-state index in [0.717, 1.165) is 38.7 Å². The maximum atomic E-state index is 12.6. The molecule has 4 rings (SSSR count). The quantitative estimate of drug-likeness (QED) is 0.377. The molecule has 0 bridgehead atoms. The Morgan fingerprint density at radius 1 is 1.03 bits per heavy atom. The second-order valence-corrected chi connectivity index (χ2v) is 9.21. The Kier molecular flexibility index (Phi) is 6.26. The third kappa shape index (κ3) is 4.61. The predicted octanol–water partition coefficient (Wildman–Crippen LogP) is 6.75. The molecule has 0 aliphatic carbocycles. The fourth-order valence-electron chi connectivity index (χ4n) is 3.31. The Balaban J connectivity index is 1.75. The largest absolute Gasteiger partial charge is 0.352 e. The third-order valence-corrected chi connectivity index (χ3v) is 6.30. The maximum Gasteiger partial charge on any atom is 0.251 e. The summed E-state index contributed by atoms with van der Waals surface area (Å²) >= 11 is 7.93. The number of benzene rings is 3. The lowest BCUT2D eigenvalue weighted by Gasteiger charge is -2.09. The molecule has 30 heavy (non-hydrogen) atoms. The van der Waals surface area contributed by atoms with E-state index in [0.29, 0.717) is 23.0 Å². The van der Waals surface area contributed by atoms with Gasteiger partial charge in [0.25, 0.3) is 5.91 Å². The van der Waals surface area contributed by atoms with Crippen LogP contribution in [0.1, 0.15) is 41.8 Å². The van der Waals surface area contributed by atoms with Crippen LogP contribution >= 0.6 is 23.4 Å². The Labute approximate surface area is 186 Å². The van der Waals surface area contributed by atoms with Gasteiger partial charge in [0.15, 0.2) is 0 Å². The van der Waals surface area contributed by atoms with Gasteiger partial charge in [0, 0.05) is 38.0 Å². The highest BCUT2D eigenvalue weighted by Crippen LogP contribution is 2.41. The summed E-state index contributed by atoms with van der Waals surface area (Å²) in [7, 11) is 0. The topological polar surface area (TPSA) is 41.5 Å². The summed E-state index contributed by atoms with van der Waals surface area (Å²) in [5, 5.41) is 3.68. The van der Waals surface area contributed by atoms with E-state index in [9.17, 15) is 4.79 Å². The van der Waals surface area contributed by atoms with Gasteiger partial charge in [0.1, 0.15) is 0 Å². The minimum atomic E-state index is -0.0651. The first-order valence-corrected chi connectivity index (χ1v) is 11.2. The van der Waals surface area contributed by atoms with E-state index in [-0.39, 0.29) is 5.91 Å². The van der Waals surface area contributed by atoms with Crippen LogP contribution < -0.4 is 5.32 Å². The van der Waals surface area contributed by atoms with Crippen molar-refractivity contribution in [3.05, 3.63) is 88.4 Å². The van der Waals surface area contributed by atoms with Gasteiger partial charge in [-0.25, -0.2) is 4.99 Å². The van der Waals surface area contributed by atoms with E-state index < -0.39 is 0 Å². The molecular weight excluding hydrogens is 412 g/mol. The second-order valence-electron chi connectivity index (χ2n) is 7.69. The molecule has 0 fully saturated rings. The molecule has 152 valence electrons. The number of hydrogen-bond donors (Lipinski definition) is 1. The van der Waals surface area contributed by atoms with Crippen molar-refractivity contribution in [1.29, 1.82) is 0 Å². The summed E-state index contributed by atoms with van der Waals surface area (Å²) in [6.45, 7) is 4.97. The molecule has 1 N–H and O–H groups in total. The van der Waals surface area contributed by atoms with Crippen LogP contribution in [0, 0.1) is 5.92 Å². The van der Waals surface area contributed by atoms with Crippen LogP contribution in [-0.4, -0.2) is 18.2 Å². The highest BCUT2D eigenvalue weighted by Gasteiger charge is 2.20.